The Morgan fingerprint density at radius 3 is 2.65 bits per heavy atom. The fraction of sp³-hybridized carbons (Fsp3) is 0.588. The number of halogens is 1. The van der Waals surface area contributed by atoms with Crippen LogP contribution in [0, 0.1) is 0 Å². The third kappa shape index (κ3) is 6.47. The Balaban J connectivity index is 0.00000264. The molecule has 23 heavy (non-hydrogen) atoms. The van der Waals surface area contributed by atoms with Crippen molar-refractivity contribution in [3.8, 4) is 0 Å². The van der Waals surface area contributed by atoms with Crippen LogP contribution in [0.25, 0.3) is 0 Å². The first-order valence-electron chi connectivity index (χ1n) is 8.00. The molecule has 130 valence electrons. The summed E-state index contributed by atoms with van der Waals surface area (Å²) < 4.78 is 5.12. The van der Waals surface area contributed by atoms with Gasteiger partial charge in [-0.25, -0.2) is 0 Å². The van der Waals surface area contributed by atoms with Crippen LogP contribution in [-0.4, -0.2) is 68.2 Å². The minimum atomic E-state index is -0.451. The van der Waals surface area contributed by atoms with Gasteiger partial charge in [-0.2, -0.15) is 0 Å². The number of amides is 1. The van der Waals surface area contributed by atoms with Crippen molar-refractivity contribution in [2.24, 2.45) is 5.73 Å². The van der Waals surface area contributed by atoms with Gasteiger partial charge in [0.15, 0.2) is 0 Å². The first-order chi connectivity index (χ1) is 10.7. The zero-order valence-electron chi connectivity index (χ0n) is 13.8. The predicted molar refractivity (Wildman–Crippen MR) is 94.9 cm³/mol. The summed E-state index contributed by atoms with van der Waals surface area (Å²) in [6.45, 7) is 5.13. The molecule has 0 aliphatic carbocycles. The maximum Gasteiger partial charge on any atom is 0.239 e. The fourth-order valence-electron chi connectivity index (χ4n) is 2.83. The van der Waals surface area contributed by atoms with E-state index in [0.29, 0.717) is 6.42 Å². The molecule has 1 amide bonds. The van der Waals surface area contributed by atoms with Gasteiger partial charge in [0, 0.05) is 33.3 Å². The Morgan fingerprint density at radius 2 is 1.96 bits per heavy atom. The van der Waals surface area contributed by atoms with Crippen LogP contribution in [-0.2, 0) is 16.0 Å². The van der Waals surface area contributed by atoms with Crippen LogP contribution < -0.4 is 5.73 Å². The van der Waals surface area contributed by atoms with Crippen LogP contribution in [0.4, 0.5) is 0 Å². The minimum absolute atomic E-state index is 0. The van der Waals surface area contributed by atoms with Gasteiger partial charge >= 0.3 is 0 Å². The lowest BCUT2D eigenvalue weighted by atomic mass is 10.1. The summed E-state index contributed by atoms with van der Waals surface area (Å²) in [5.41, 5.74) is 7.23. The second kappa shape index (κ2) is 10.6. The summed E-state index contributed by atoms with van der Waals surface area (Å²) in [6.07, 6.45) is 1.59. The lowest BCUT2D eigenvalue weighted by molar-refractivity contribution is -0.132. The first-order valence-corrected chi connectivity index (χ1v) is 8.00. The molecule has 0 bridgehead atoms. The van der Waals surface area contributed by atoms with E-state index < -0.39 is 6.04 Å². The van der Waals surface area contributed by atoms with E-state index >= 15 is 0 Å². The van der Waals surface area contributed by atoms with Gasteiger partial charge in [0.1, 0.15) is 0 Å². The van der Waals surface area contributed by atoms with E-state index in [0.717, 1.165) is 51.3 Å². The molecule has 6 heteroatoms. The summed E-state index contributed by atoms with van der Waals surface area (Å²) in [5, 5.41) is 0. The lowest BCUT2D eigenvalue weighted by Crippen LogP contribution is -2.46. The van der Waals surface area contributed by atoms with Crippen LogP contribution in [0.3, 0.4) is 0 Å². The molecule has 2 N–H and O–H groups in total. The molecule has 1 aliphatic rings. The molecule has 1 fully saturated rings. The Morgan fingerprint density at radius 1 is 1.22 bits per heavy atom. The van der Waals surface area contributed by atoms with E-state index in [4.69, 9.17) is 10.5 Å². The number of ether oxygens (including phenoxy) is 1. The molecular formula is C17H28ClN3O2. The van der Waals surface area contributed by atoms with Crippen molar-refractivity contribution < 1.29 is 9.53 Å². The van der Waals surface area contributed by atoms with Gasteiger partial charge in [0.2, 0.25) is 5.91 Å². The summed E-state index contributed by atoms with van der Waals surface area (Å²) in [7, 11) is 1.72. The third-order valence-electron chi connectivity index (χ3n) is 4.13. The molecule has 1 aliphatic heterocycles. The topological polar surface area (TPSA) is 58.8 Å². The molecule has 1 aromatic rings. The number of benzene rings is 1. The van der Waals surface area contributed by atoms with Gasteiger partial charge < -0.3 is 15.4 Å². The summed E-state index contributed by atoms with van der Waals surface area (Å²) in [5.74, 6) is 0.0671. The van der Waals surface area contributed by atoms with Crippen LogP contribution >= 0.6 is 12.4 Å². The van der Waals surface area contributed by atoms with Gasteiger partial charge in [-0.05, 0) is 24.9 Å². The van der Waals surface area contributed by atoms with Gasteiger partial charge in [-0.3, -0.25) is 9.69 Å². The Bertz CT molecular complexity index is 458. The molecule has 0 spiro atoms. The van der Waals surface area contributed by atoms with E-state index in [9.17, 15) is 4.79 Å². The largest absolute Gasteiger partial charge is 0.383 e. The Labute approximate surface area is 145 Å². The highest BCUT2D eigenvalue weighted by molar-refractivity contribution is 5.85. The number of carbonyl (C=O) groups is 1. The van der Waals surface area contributed by atoms with Crippen molar-refractivity contribution in [2.75, 3.05) is 46.4 Å². The van der Waals surface area contributed by atoms with E-state index in [1.807, 2.05) is 35.2 Å². The minimum Gasteiger partial charge on any atom is -0.383 e. The van der Waals surface area contributed by atoms with Gasteiger partial charge in [-0.15, -0.1) is 12.4 Å². The van der Waals surface area contributed by atoms with Crippen LogP contribution in [0.15, 0.2) is 30.3 Å². The molecular weight excluding hydrogens is 314 g/mol. The van der Waals surface area contributed by atoms with Crippen molar-refractivity contribution in [1.82, 2.24) is 9.80 Å². The molecule has 0 unspecified atom stereocenters. The zero-order valence-corrected chi connectivity index (χ0v) is 14.6. The molecule has 5 nitrogen and oxygen atoms in total. The van der Waals surface area contributed by atoms with E-state index in [-0.39, 0.29) is 18.3 Å². The normalized spacial score (nSPS) is 17.2. The highest BCUT2D eigenvalue weighted by Gasteiger charge is 2.23. The van der Waals surface area contributed by atoms with Crippen molar-refractivity contribution in [1.29, 1.82) is 0 Å². The molecule has 2 rings (SSSR count). The molecule has 1 aromatic carbocycles. The average molecular weight is 342 g/mol. The molecule has 1 heterocycles. The maximum absolute atomic E-state index is 12.5. The molecule has 1 atom stereocenters. The fourth-order valence-corrected chi connectivity index (χ4v) is 2.83. The third-order valence-corrected chi connectivity index (χ3v) is 4.13. The van der Waals surface area contributed by atoms with Crippen LogP contribution in [0.1, 0.15) is 12.0 Å². The average Bonchev–Trinajstić information content (AvgIpc) is 2.78. The van der Waals surface area contributed by atoms with Crippen molar-refractivity contribution in [3.63, 3.8) is 0 Å². The monoisotopic (exact) mass is 341 g/mol. The van der Waals surface area contributed by atoms with Crippen molar-refractivity contribution in [2.45, 2.75) is 18.9 Å². The van der Waals surface area contributed by atoms with Gasteiger partial charge in [-0.1, -0.05) is 30.3 Å². The number of hydrogen-bond acceptors (Lipinski definition) is 4. The standard InChI is InChI=1S/C17H27N3O2.ClH/c1-22-13-12-19-8-5-9-20(11-10-19)17(21)16(18)14-15-6-3-2-4-7-15;/h2-4,6-7,16H,5,8-14,18H2,1H3;1H/t16-;/m0./s1. The molecule has 0 radical (unpaired) electrons. The maximum atomic E-state index is 12.5. The SMILES string of the molecule is COCCN1CCCN(C(=O)[C@@H](N)Cc2ccccc2)CC1.Cl. The van der Waals surface area contributed by atoms with Crippen molar-refractivity contribution >= 4 is 18.3 Å². The number of nitrogens with zero attached hydrogens (tertiary/aromatic N) is 2. The number of carbonyl (C=O) groups excluding carboxylic acids is 1. The van der Waals surface area contributed by atoms with Gasteiger partial charge in [0.05, 0.1) is 12.6 Å². The summed E-state index contributed by atoms with van der Waals surface area (Å²) in [6, 6.07) is 9.51. The van der Waals surface area contributed by atoms with Crippen molar-refractivity contribution in [3.05, 3.63) is 35.9 Å². The molecule has 0 aromatic heterocycles. The van der Waals surface area contributed by atoms with Crippen LogP contribution in [0.5, 0.6) is 0 Å². The van der Waals surface area contributed by atoms with E-state index in [1.54, 1.807) is 7.11 Å². The second-order valence-corrected chi connectivity index (χ2v) is 5.81. The second-order valence-electron chi connectivity index (χ2n) is 5.81. The highest BCUT2D eigenvalue weighted by atomic mass is 35.5. The van der Waals surface area contributed by atoms with Crippen LogP contribution in [0.2, 0.25) is 0 Å². The van der Waals surface area contributed by atoms with E-state index in [2.05, 4.69) is 4.90 Å². The number of methoxy groups -OCH3 is 1. The first kappa shape index (κ1) is 19.9. The Hall–Kier alpha value is -1.14. The van der Waals surface area contributed by atoms with Gasteiger partial charge in [0.25, 0.3) is 0 Å². The predicted octanol–water partition coefficient (Wildman–Crippen LogP) is 1.16. The van der Waals surface area contributed by atoms with E-state index in [1.165, 1.54) is 0 Å². The number of nitrogens with two attached hydrogens (primary N) is 1. The molecule has 0 saturated carbocycles. The zero-order chi connectivity index (χ0) is 15.8. The molecule has 1 saturated heterocycles. The highest BCUT2D eigenvalue weighted by Crippen LogP contribution is 2.08. The quantitative estimate of drug-likeness (QED) is 0.843. The summed E-state index contributed by atoms with van der Waals surface area (Å²) in [4.78, 5) is 16.8. The summed E-state index contributed by atoms with van der Waals surface area (Å²) >= 11 is 0. The lowest BCUT2D eigenvalue weighted by Gasteiger charge is -2.24. The number of hydrogen-bond donors (Lipinski definition) is 1. The number of rotatable bonds is 6. The Kier molecular flexibility index (Phi) is 9.17. The smallest absolute Gasteiger partial charge is 0.239 e.